The van der Waals surface area contributed by atoms with E-state index in [-0.39, 0.29) is 5.92 Å². The zero-order valence-electron chi connectivity index (χ0n) is 29.3. The van der Waals surface area contributed by atoms with Gasteiger partial charge in [0, 0.05) is 11.5 Å². The van der Waals surface area contributed by atoms with Crippen LogP contribution in [0.25, 0.3) is 49.7 Å². The third-order valence-electron chi connectivity index (χ3n) is 11.0. The fourth-order valence-corrected chi connectivity index (χ4v) is 8.25. The van der Waals surface area contributed by atoms with E-state index >= 15 is 0 Å². The highest BCUT2D eigenvalue weighted by molar-refractivity contribution is 6.18. The first-order chi connectivity index (χ1) is 25.1. The number of hydrogen-bond donors (Lipinski definition) is 0. The Morgan fingerprint density at radius 1 is 0.588 bits per heavy atom. The zero-order chi connectivity index (χ0) is 34.3. The molecule has 3 unspecified atom stereocenters. The zero-order valence-corrected chi connectivity index (χ0v) is 29.3. The highest BCUT2D eigenvalue weighted by Gasteiger charge is 2.23. The molecule has 0 fully saturated rings. The van der Waals surface area contributed by atoms with Crippen LogP contribution in [0.5, 0.6) is 0 Å². The van der Waals surface area contributed by atoms with Crippen molar-refractivity contribution in [3.63, 3.8) is 0 Å². The highest BCUT2D eigenvalue weighted by Crippen LogP contribution is 2.40. The van der Waals surface area contributed by atoms with Crippen LogP contribution < -0.4 is 0 Å². The fraction of sp³-hybridized carbons (Fsp3) is 0.140. The Morgan fingerprint density at radius 3 is 2.12 bits per heavy atom. The number of fused-ring (bicyclic) bond motifs is 5. The number of hydrogen-bond acceptors (Lipinski definition) is 1. The lowest BCUT2D eigenvalue weighted by Gasteiger charge is -2.22. The molecule has 7 aromatic rings. The van der Waals surface area contributed by atoms with Crippen LogP contribution in [-0.4, -0.2) is 5.71 Å². The largest absolute Gasteiger partial charge is 0.248 e. The Labute approximate surface area is 301 Å². The molecule has 0 bridgehead atoms. The van der Waals surface area contributed by atoms with Gasteiger partial charge in [-0.15, -0.1) is 0 Å². The van der Waals surface area contributed by atoms with E-state index in [1.165, 1.54) is 60.1 Å². The first-order valence-electron chi connectivity index (χ1n) is 18.4. The fourth-order valence-electron chi connectivity index (χ4n) is 8.25. The summed E-state index contributed by atoms with van der Waals surface area (Å²) in [4.78, 5) is 5.53. The molecule has 0 spiro atoms. The van der Waals surface area contributed by atoms with E-state index in [0.717, 1.165) is 35.4 Å². The average Bonchev–Trinajstić information content (AvgIpc) is 3.35. The van der Waals surface area contributed by atoms with E-state index in [0.29, 0.717) is 11.8 Å². The van der Waals surface area contributed by atoms with Gasteiger partial charge < -0.3 is 0 Å². The minimum absolute atomic E-state index is 0.284. The number of aliphatic imine (C=N–C) groups is 1. The maximum atomic E-state index is 5.53. The Bertz CT molecular complexity index is 2560. The van der Waals surface area contributed by atoms with Gasteiger partial charge in [-0.2, -0.15) is 0 Å². The minimum Gasteiger partial charge on any atom is -0.248 e. The van der Waals surface area contributed by atoms with Crippen molar-refractivity contribution >= 4 is 55.4 Å². The van der Waals surface area contributed by atoms with Gasteiger partial charge in [-0.25, -0.2) is 4.99 Å². The quantitative estimate of drug-likeness (QED) is 0.167. The molecule has 1 heteroatoms. The Morgan fingerprint density at radius 2 is 1.27 bits per heavy atom. The van der Waals surface area contributed by atoms with Gasteiger partial charge in [0.25, 0.3) is 0 Å². The van der Waals surface area contributed by atoms with E-state index < -0.39 is 0 Å². The van der Waals surface area contributed by atoms with E-state index in [2.05, 4.69) is 184 Å². The first kappa shape index (κ1) is 31.2. The van der Waals surface area contributed by atoms with Crippen molar-refractivity contribution in [3.8, 4) is 0 Å². The van der Waals surface area contributed by atoms with Gasteiger partial charge in [0.05, 0.1) is 11.4 Å². The standard InChI is InChI=1S/C50H41N/c1-33-19-21-36-12-5-7-15-42(36)47(29-33)37-23-25-38(26-24-37)49-28-20-34(2)46(32-50(51-49)41-27-22-35-11-3-4-13-39(35)30-41)48-31-40-14-6-8-16-43(40)44-17-9-10-18-45(44)48/h3-19,21-28,30-34,47H,20,29H2,1-2H3. The normalized spacial score (nSPS) is 19.1. The van der Waals surface area contributed by atoms with Gasteiger partial charge in [-0.3, -0.25) is 0 Å². The molecule has 2 aliphatic rings. The van der Waals surface area contributed by atoms with Gasteiger partial charge in [-0.05, 0) is 109 Å². The second-order valence-electron chi connectivity index (χ2n) is 14.5. The van der Waals surface area contributed by atoms with E-state index in [9.17, 15) is 0 Å². The molecule has 3 atom stereocenters. The number of benzene rings is 7. The van der Waals surface area contributed by atoms with Gasteiger partial charge in [-0.1, -0.05) is 166 Å². The lowest BCUT2D eigenvalue weighted by atomic mass is 9.83. The summed E-state index contributed by atoms with van der Waals surface area (Å²) in [6, 6.07) is 53.5. The lowest BCUT2D eigenvalue weighted by molar-refractivity contribution is 0.596. The number of nitrogens with zero attached hydrogens (tertiary/aromatic N) is 1. The summed E-state index contributed by atoms with van der Waals surface area (Å²) in [6.07, 6.45) is 11.4. The summed E-state index contributed by atoms with van der Waals surface area (Å²) >= 11 is 0. The van der Waals surface area contributed by atoms with Crippen molar-refractivity contribution in [2.45, 2.75) is 32.6 Å². The second-order valence-corrected chi connectivity index (χ2v) is 14.5. The van der Waals surface area contributed by atoms with Gasteiger partial charge in [0.2, 0.25) is 0 Å². The molecule has 0 aromatic heterocycles. The summed E-state index contributed by atoms with van der Waals surface area (Å²) in [5.41, 5.74) is 11.0. The van der Waals surface area contributed by atoms with Crippen molar-refractivity contribution in [3.05, 3.63) is 197 Å². The van der Waals surface area contributed by atoms with E-state index in [1.807, 2.05) is 0 Å². The highest BCUT2D eigenvalue weighted by atomic mass is 14.8. The summed E-state index contributed by atoms with van der Waals surface area (Å²) in [7, 11) is 0. The van der Waals surface area contributed by atoms with Crippen LogP contribution in [0.1, 0.15) is 66.0 Å². The van der Waals surface area contributed by atoms with Gasteiger partial charge in [0.15, 0.2) is 0 Å². The maximum Gasteiger partial charge on any atom is 0.0712 e. The van der Waals surface area contributed by atoms with Crippen molar-refractivity contribution in [2.24, 2.45) is 16.8 Å². The monoisotopic (exact) mass is 655 g/mol. The van der Waals surface area contributed by atoms with Crippen LogP contribution in [0, 0.1) is 11.8 Å². The molecule has 1 aliphatic carbocycles. The summed E-state index contributed by atoms with van der Waals surface area (Å²) < 4.78 is 0. The van der Waals surface area contributed by atoms with Gasteiger partial charge >= 0.3 is 0 Å². The SMILES string of the molecule is CC1C=Cc2ccccc2C(c2ccc(C3=CCC(C)C(c4cc5ccccc5c5ccccc45)=CC(c4ccc5ccccc5c4)=N3)cc2)C1. The maximum absolute atomic E-state index is 5.53. The molecule has 9 rings (SSSR count). The van der Waals surface area contributed by atoms with Crippen LogP contribution in [0.3, 0.4) is 0 Å². The lowest BCUT2D eigenvalue weighted by Crippen LogP contribution is -2.08. The molecule has 7 aromatic carbocycles. The van der Waals surface area contributed by atoms with E-state index in [1.54, 1.807) is 0 Å². The van der Waals surface area contributed by atoms with Crippen molar-refractivity contribution < 1.29 is 0 Å². The third-order valence-corrected chi connectivity index (χ3v) is 11.0. The van der Waals surface area contributed by atoms with Crippen LogP contribution in [0.4, 0.5) is 0 Å². The Hall–Kier alpha value is -5.79. The summed E-state index contributed by atoms with van der Waals surface area (Å²) in [6.45, 7) is 4.70. The molecule has 0 amide bonds. The molecular formula is C50H41N. The molecule has 0 radical (unpaired) electrons. The molecule has 1 nitrogen and oxygen atoms in total. The topological polar surface area (TPSA) is 12.4 Å². The molecule has 1 aliphatic heterocycles. The van der Waals surface area contributed by atoms with Crippen LogP contribution in [0.15, 0.2) is 169 Å². The molecule has 0 N–H and O–H groups in total. The Balaban J connectivity index is 1.18. The molecule has 1 heterocycles. The number of allylic oxidation sites excluding steroid dienone is 4. The van der Waals surface area contributed by atoms with Crippen LogP contribution in [0.2, 0.25) is 0 Å². The molecule has 0 saturated heterocycles. The molecular weight excluding hydrogens is 615 g/mol. The van der Waals surface area contributed by atoms with E-state index in [4.69, 9.17) is 4.99 Å². The third kappa shape index (κ3) is 5.93. The molecule has 51 heavy (non-hydrogen) atoms. The van der Waals surface area contributed by atoms with Crippen molar-refractivity contribution in [2.75, 3.05) is 0 Å². The van der Waals surface area contributed by atoms with Crippen molar-refractivity contribution in [1.29, 1.82) is 0 Å². The number of rotatable bonds is 4. The minimum atomic E-state index is 0.284. The summed E-state index contributed by atoms with van der Waals surface area (Å²) in [5.74, 6) is 1.17. The second kappa shape index (κ2) is 13.2. The Kier molecular flexibility index (Phi) is 8.05. The summed E-state index contributed by atoms with van der Waals surface area (Å²) in [5, 5.41) is 7.61. The van der Waals surface area contributed by atoms with Crippen LogP contribution >= 0.6 is 0 Å². The average molecular weight is 656 g/mol. The molecule has 0 saturated carbocycles. The first-order valence-corrected chi connectivity index (χ1v) is 18.4. The van der Waals surface area contributed by atoms with Crippen molar-refractivity contribution in [1.82, 2.24) is 0 Å². The predicted octanol–water partition coefficient (Wildman–Crippen LogP) is 13.3. The molecule has 246 valence electrons. The van der Waals surface area contributed by atoms with Gasteiger partial charge in [0.1, 0.15) is 0 Å². The van der Waals surface area contributed by atoms with Crippen LogP contribution in [-0.2, 0) is 0 Å². The predicted molar refractivity (Wildman–Crippen MR) is 219 cm³/mol. The smallest absolute Gasteiger partial charge is 0.0712 e.